The molecule has 0 unspecified atom stereocenters. The predicted molar refractivity (Wildman–Crippen MR) is 53.4 cm³/mol. The summed E-state index contributed by atoms with van der Waals surface area (Å²) in [7, 11) is 0. The Kier molecular flexibility index (Phi) is 6.40. The summed E-state index contributed by atoms with van der Waals surface area (Å²) in [5, 5.41) is 7.12. The smallest absolute Gasteiger partial charge is 0.475 e. The second-order valence-electron chi connectivity index (χ2n) is 2.90. The van der Waals surface area contributed by atoms with Gasteiger partial charge in [-0.1, -0.05) is 6.07 Å². The molecule has 1 rings (SSSR count). The van der Waals surface area contributed by atoms with Gasteiger partial charge < -0.3 is 9.84 Å². The molecule has 0 amide bonds. The fraction of sp³-hybridized carbons (Fsp3) is 0.300. The van der Waals surface area contributed by atoms with E-state index in [4.69, 9.17) is 14.6 Å². The molecule has 5 nitrogen and oxygen atoms in total. The van der Waals surface area contributed by atoms with Crippen molar-refractivity contribution in [3.63, 3.8) is 0 Å². The lowest BCUT2D eigenvalue weighted by atomic mass is 10.4. The summed E-state index contributed by atoms with van der Waals surface area (Å²) < 4.78 is 36.5. The van der Waals surface area contributed by atoms with Gasteiger partial charge in [0.1, 0.15) is 6.61 Å². The molecular weight excluding hydrogens is 255 g/mol. The minimum absolute atomic E-state index is 0.260. The maximum atomic E-state index is 10.6. The fourth-order valence-electron chi connectivity index (χ4n) is 0.659. The van der Waals surface area contributed by atoms with Gasteiger partial charge in [-0.3, -0.25) is 9.78 Å². The van der Waals surface area contributed by atoms with Crippen molar-refractivity contribution in [3.8, 4) is 0 Å². The lowest BCUT2D eigenvalue weighted by Gasteiger charge is -1.98. The third kappa shape index (κ3) is 8.08. The van der Waals surface area contributed by atoms with E-state index in [0.717, 1.165) is 5.69 Å². The summed E-state index contributed by atoms with van der Waals surface area (Å²) in [6.45, 7) is 1.64. The molecule has 0 atom stereocenters. The van der Waals surface area contributed by atoms with Gasteiger partial charge in [-0.05, 0) is 12.1 Å². The zero-order valence-electron chi connectivity index (χ0n) is 9.27. The van der Waals surface area contributed by atoms with E-state index in [1.54, 1.807) is 6.20 Å². The quantitative estimate of drug-likeness (QED) is 0.825. The number of halogens is 3. The molecule has 0 saturated carbocycles. The standard InChI is InChI=1S/C8H9NO2.C2HF3O2/c1-7(10)11-6-8-4-2-3-5-9-8;3-2(4,5)1(6)7/h2-5H,6H2,1H3;(H,6,7). The molecule has 0 bridgehead atoms. The molecule has 0 aliphatic heterocycles. The van der Waals surface area contributed by atoms with Gasteiger partial charge >= 0.3 is 18.1 Å². The number of carbonyl (C=O) groups excluding carboxylic acids is 1. The maximum Gasteiger partial charge on any atom is 0.490 e. The number of aromatic nitrogens is 1. The van der Waals surface area contributed by atoms with Gasteiger partial charge in [0.25, 0.3) is 0 Å². The predicted octanol–water partition coefficient (Wildman–Crippen LogP) is 1.78. The maximum absolute atomic E-state index is 10.6. The molecule has 8 heteroatoms. The minimum atomic E-state index is -5.08. The summed E-state index contributed by atoms with van der Waals surface area (Å²) >= 11 is 0. The zero-order chi connectivity index (χ0) is 14.2. The van der Waals surface area contributed by atoms with Crippen LogP contribution in [0.5, 0.6) is 0 Å². The van der Waals surface area contributed by atoms with E-state index >= 15 is 0 Å². The number of hydrogen-bond donors (Lipinski definition) is 1. The Morgan fingerprint density at radius 3 is 2.28 bits per heavy atom. The van der Waals surface area contributed by atoms with Gasteiger partial charge in [0.2, 0.25) is 0 Å². The van der Waals surface area contributed by atoms with Crippen molar-refractivity contribution >= 4 is 11.9 Å². The van der Waals surface area contributed by atoms with Crippen LogP contribution in [0.4, 0.5) is 13.2 Å². The minimum Gasteiger partial charge on any atom is -0.475 e. The van der Waals surface area contributed by atoms with Crippen molar-refractivity contribution in [3.05, 3.63) is 30.1 Å². The first-order valence-electron chi connectivity index (χ1n) is 4.57. The highest BCUT2D eigenvalue weighted by Crippen LogP contribution is 2.13. The van der Waals surface area contributed by atoms with Crippen molar-refractivity contribution < 1.29 is 32.6 Å². The number of carbonyl (C=O) groups is 2. The van der Waals surface area contributed by atoms with Crippen LogP contribution >= 0.6 is 0 Å². The summed E-state index contributed by atoms with van der Waals surface area (Å²) in [5.41, 5.74) is 0.766. The van der Waals surface area contributed by atoms with Crippen LogP contribution in [0, 0.1) is 0 Å². The van der Waals surface area contributed by atoms with Crippen LogP contribution in [-0.4, -0.2) is 28.2 Å². The number of esters is 1. The molecule has 1 aromatic rings. The summed E-state index contributed by atoms with van der Waals surface area (Å²) in [6.07, 6.45) is -3.42. The Hall–Kier alpha value is -2.12. The summed E-state index contributed by atoms with van der Waals surface area (Å²) in [5.74, 6) is -3.04. The van der Waals surface area contributed by atoms with Gasteiger partial charge in [-0.15, -0.1) is 0 Å². The molecule has 1 heterocycles. The Morgan fingerprint density at radius 1 is 1.39 bits per heavy atom. The Balaban J connectivity index is 0.000000360. The highest BCUT2D eigenvalue weighted by molar-refractivity contribution is 5.73. The normalized spacial score (nSPS) is 10.0. The van der Waals surface area contributed by atoms with E-state index in [-0.39, 0.29) is 12.6 Å². The van der Waals surface area contributed by atoms with Crippen LogP contribution in [0.2, 0.25) is 0 Å². The third-order valence-corrected chi connectivity index (χ3v) is 1.39. The van der Waals surface area contributed by atoms with Crippen LogP contribution in [0.15, 0.2) is 24.4 Å². The number of carboxylic acid groups (broad SMARTS) is 1. The average molecular weight is 265 g/mol. The number of alkyl halides is 3. The third-order valence-electron chi connectivity index (χ3n) is 1.39. The first-order chi connectivity index (χ1) is 8.23. The number of pyridine rings is 1. The molecule has 0 aliphatic rings. The summed E-state index contributed by atoms with van der Waals surface area (Å²) in [4.78, 5) is 23.2. The first-order valence-corrected chi connectivity index (χ1v) is 4.57. The Bertz CT molecular complexity index is 392. The van der Waals surface area contributed by atoms with Crippen molar-refractivity contribution in [2.75, 3.05) is 0 Å². The van der Waals surface area contributed by atoms with Crippen molar-refractivity contribution in [1.29, 1.82) is 0 Å². The number of rotatable bonds is 2. The molecular formula is C10H10F3NO4. The lowest BCUT2D eigenvalue weighted by Crippen LogP contribution is -2.21. The molecule has 100 valence electrons. The number of hydrogen-bond acceptors (Lipinski definition) is 4. The highest BCUT2D eigenvalue weighted by Gasteiger charge is 2.38. The van der Waals surface area contributed by atoms with E-state index < -0.39 is 12.1 Å². The SMILES string of the molecule is CC(=O)OCc1ccccn1.O=C(O)C(F)(F)F. The van der Waals surface area contributed by atoms with Gasteiger partial charge in [0, 0.05) is 13.1 Å². The highest BCUT2D eigenvalue weighted by atomic mass is 19.4. The van der Waals surface area contributed by atoms with E-state index in [2.05, 4.69) is 4.98 Å². The monoisotopic (exact) mass is 265 g/mol. The van der Waals surface area contributed by atoms with E-state index in [1.807, 2.05) is 18.2 Å². The molecule has 0 aliphatic carbocycles. The molecule has 0 fully saturated rings. The molecule has 0 spiro atoms. The van der Waals surface area contributed by atoms with Gasteiger partial charge in [0.15, 0.2) is 0 Å². The molecule has 18 heavy (non-hydrogen) atoms. The molecule has 0 radical (unpaired) electrons. The Morgan fingerprint density at radius 2 is 1.94 bits per heavy atom. The van der Waals surface area contributed by atoms with E-state index in [1.165, 1.54) is 6.92 Å². The topological polar surface area (TPSA) is 76.5 Å². The molecule has 0 aromatic carbocycles. The fourth-order valence-corrected chi connectivity index (χ4v) is 0.659. The number of ether oxygens (including phenoxy) is 1. The van der Waals surface area contributed by atoms with Gasteiger partial charge in [-0.25, -0.2) is 4.79 Å². The van der Waals surface area contributed by atoms with Crippen LogP contribution in [0.1, 0.15) is 12.6 Å². The van der Waals surface area contributed by atoms with Gasteiger partial charge in [-0.2, -0.15) is 13.2 Å². The van der Waals surface area contributed by atoms with Crippen molar-refractivity contribution in [2.45, 2.75) is 19.7 Å². The number of nitrogens with zero attached hydrogens (tertiary/aromatic N) is 1. The van der Waals surface area contributed by atoms with Crippen LogP contribution in [-0.2, 0) is 20.9 Å². The number of aliphatic carboxylic acids is 1. The van der Waals surface area contributed by atoms with Crippen LogP contribution < -0.4 is 0 Å². The second-order valence-corrected chi connectivity index (χ2v) is 2.90. The van der Waals surface area contributed by atoms with Gasteiger partial charge in [0.05, 0.1) is 5.69 Å². The molecule has 1 aromatic heterocycles. The number of carboxylic acids is 1. The van der Waals surface area contributed by atoms with Crippen LogP contribution in [0.3, 0.4) is 0 Å². The van der Waals surface area contributed by atoms with E-state index in [9.17, 15) is 18.0 Å². The van der Waals surface area contributed by atoms with Crippen molar-refractivity contribution in [2.24, 2.45) is 0 Å². The van der Waals surface area contributed by atoms with E-state index in [0.29, 0.717) is 0 Å². The lowest BCUT2D eigenvalue weighted by molar-refractivity contribution is -0.192. The molecule has 0 saturated heterocycles. The van der Waals surface area contributed by atoms with Crippen molar-refractivity contribution in [1.82, 2.24) is 4.98 Å². The van der Waals surface area contributed by atoms with Crippen LogP contribution in [0.25, 0.3) is 0 Å². The Labute approximate surface area is 100 Å². The second kappa shape index (κ2) is 7.25. The molecule has 1 N–H and O–H groups in total. The summed E-state index contributed by atoms with van der Waals surface area (Å²) in [6, 6.07) is 5.48. The average Bonchev–Trinajstić information content (AvgIpc) is 2.27. The largest absolute Gasteiger partial charge is 0.490 e. The zero-order valence-corrected chi connectivity index (χ0v) is 9.27. The first kappa shape index (κ1) is 15.9.